The van der Waals surface area contributed by atoms with E-state index in [1.54, 1.807) is 0 Å². The zero-order valence-electron chi connectivity index (χ0n) is 8.31. The van der Waals surface area contributed by atoms with Crippen molar-refractivity contribution in [2.24, 2.45) is 0 Å². The highest BCUT2D eigenvalue weighted by Crippen LogP contribution is 2.24. The number of nitrogens with zero attached hydrogens (tertiary/aromatic N) is 1. The summed E-state index contributed by atoms with van der Waals surface area (Å²) in [5.41, 5.74) is -0.477. The van der Waals surface area contributed by atoms with Crippen LogP contribution in [0.4, 0.5) is 5.69 Å². The van der Waals surface area contributed by atoms with E-state index >= 15 is 0 Å². The molecule has 1 aromatic rings. The van der Waals surface area contributed by atoms with Gasteiger partial charge in [0.2, 0.25) is 0 Å². The Balaban J connectivity index is 2.92. The number of hydrogen-bond donors (Lipinski definition) is 1. The quantitative estimate of drug-likeness (QED) is 0.589. The largest absolute Gasteiger partial charge is 0.548 e. The Labute approximate surface area is 100 Å². The minimum atomic E-state index is -1.46. The molecular formula is C9H6ClN2O5-. The topological polar surface area (TPSA) is 112 Å². The zero-order chi connectivity index (χ0) is 13.0. The number of nitro benzene ring substituents is 1. The molecule has 0 bridgehead atoms. The molecule has 17 heavy (non-hydrogen) atoms. The normalized spacial score (nSPS) is 9.71. The van der Waals surface area contributed by atoms with Crippen LogP contribution in [-0.2, 0) is 4.79 Å². The summed E-state index contributed by atoms with van der Waals surface area (Å²) in [6.45, 7) is -0.671. The second-order valence-electron chi connectivity index (χ2n) is 2.98. The van der Waals surface area contributed by atoms with Gasteiger partial charge in [-0.3, -0.25) is 14.9 Å². The van der Waals surface area contributed by atoms with Crippen molar-refractivity contribution in [2.75, 3.05) is 6.54 Å². The van der Waals surface area contributed by atoms with Crippen LogP contribution in [0, 0.1) is 10.1 Å². The lowest BCUT2D eigenvalue weighted by atomic mass is 10.2. The van der Waals surface area contributed by atoms with Gasteiger partial charge in [-0.2, -0.15) is 0 Å². The highest BCUT2D eigenvalue weighted by atomic mass is 35.5. The van der Waals surface area contributed by atoms with Crippen molar-refractivity contribution in [2.45, 2.75) is 0 Å². The number of rotatable bonds is 4. The van der Waals surface area contributed by atoms with Crippen molar-refractivity contribution < 1.29 is 19.6 Å². The van der Waals surface area contributed by atoms with Gasteiger partial charge in [0.1, 0.15) is 5.02 Å². The lowest BCUT2D eigenvalue weighted by molar-refractivity contribution is -0.384. The number of hydrogen-bond acceptors (Lipinski definition) is 5. The lowest BCUT2D eigenvalue weighted by Crippen LogP contribution is -2.37. The van der Waals surface area contributed by atoms with Gasteiger partial charge in [0, 0.05) is 11.6 Å². The molecule has 0 fully saturated rings. The Morgan fingerprint density at radius 2 is 2.06 bits per heavy atom. The molecule has 0 atom stereocenters. The molecule has 0 radical (unpaired) electrons. The van der Waals surface area contributed by atoms with E-state index in [2.05, 4.69) is 0 Å². The average molecular weight is 258 g/mol. The fourth-order valence-electron chi connectivity index (χ4n) is 1.05. The van der Waals surface area contributed by atoms with E-state index in [9.17, 15) is 24.8 Å². The molecule has 0 aromatic heterocycles. The predicted octanol–water partition coefficient (Wildman–Crippen LogP) is -0.272. The Kier molecular flexibility index (Phi) is 4.00. The second kappa shape index (κ2) is 5.26. The summed E-state index contributed by atoms with van der Waals surface area (Å²) in [6.07, 6.45) is 0. The summed E-state index contributed by atoms with van der Waals surface area (Å²) in [6, 6.07) is 3.40. The molecule has 0 heterocycles. The molecule has 8 heteroatoms. The molecular weight excluding hydrogens is 252 g/mol. The zero-order valence-corrected chi connectivity index (χ0v) is 9.06. The number of nitro groups is 1. The van der Waals surface area contributed by atoms with Gasteiger partial charge in [-0.05, 0) is 12.1 Å². The number of carboxylic acids is 1. The highest BCUT2D eigenvalue weighted by molar-refractivity contribution is 6.32. The van der Waals surface area contributed by atoms with Crippen LogP contribution in [0.15, 0.2) is 18.2 Å². The fraction of sp³-hybridized carbons (Fsp3) is 0.111. The van der Waals surface area contributed by atoms with Gasteiger partial charge in [-0.1, -0.05) is 11.6 Å². The van der Waals surface area contributed by atoms with Crippen LogP contribution >= 0.6 is 11.6 Å². The van der Waals surface area contributed by atoms with Gasteiger partial charge in [0.25, 0.3) is 11.6 Å². The lowest BCUT2D eigenvalue weighted by Gasteiger charge is -2.05. The van der Waals surface area contributed by atoms with Gasteiger partial charge >= 0.3 is 0 Å². The predicted molar refractivity (Wildman–Crippen MR) is 55.4 cm³/mol. The van der Waals surface area contributed by atoms with Crippen LogP contribution in [0.5, 0.6) is 0 Å². The van der Waals surface area contributed by atoms with Crippen LogP contribution < -0.4 is 10.4 Å². The molecule has 0 saturated carbocycles. The van der Waals surface area contributed by atoms with Crippen molar-refractivity contribution in [3.05, 3.63) is 38.9 Å². The van der Waals surface area contributed by atoms with E-state index in [1.165, 1.54) is 12.1 Å². The molecule has 0 unspecified atom stereocenters. The highest BCUT2D eigenvalue weighted by Gasteiger charge is 2.15. The molecule has 90 valence electrons. The Bertz CT molecular complexity index is 488. The van der Waals surface area contributed by atoms with Crippen molar-refractivity contribution in [1.82, 2.24) is 5.32 Å². The van der Waals surface area contributed by atoms with Gasteiger partial charge in [-0.25, -0.2) is 0 Å². The van der Waals surface area contributed by atoms with Crippen LogP contribution in [0.3, 0.4) is 0 Å². The summed E-state index contributed by atoms with van der Waals surface area (Å²) < 4.78 is 0. The summed E-state index contributed by atoms with van der Waals surface area (Å²) in [7, 11) is 0. The van der Waals surface area contributed by atoms with E-state index in [4.69, 9.17) is 11.6 Å². The van der Waals surface area contributed by atoms with Crippen molar-refractivity contribution in [3.63, 3.8) is 0 Å². The van der Waals surface area contributed by atoms with Gasteiger partial charge in [0.05, 0.1) is 17.4 Å². The molecule has 1 amide bonds. The first-order valence-electron chi connectivity index (χ1n) is 4.34. The first-order chi connectivity index (χ1) is 7.91. The Morgan fingerprint density at radius 3 is 2.59 bits per heavy atom. The maximum Gasteiger partial charge on any atom is 0.288 e. The fourth-order valence-corrected chi connectivity index (χ4v) is 1.23. The molecule has 1 aromatic carbocycles. The van der Waals surface area contributed by atoms with Gasteiger partial charge < -0.3 is 15.2 Å². The number of nitrogens with one attached hydrogen (secondary N) is 1. The van der Waals surface area contributed by atoms with Crippen LogP contribution in [-0.4, -0.2) is 23.3 Å². The third kappa shape index (κ3) is 3.42. The van der Waals surface area contributed by atoms with E-state index in [1.807, 2.05) is 5.32 Å². The minimum Gasteiger partial charge on any atom is -0.548 e. The SMILES string of the molecule is O=C([O-])CNC(=O)c1ccc(Cl)c([N+](=O)[O-])c1. The third-order valence-electron chi connectivity index (χ3n) is 1.80. The first-order valence-corrected chi connectivity index (χ1v) is 4.71. The van der Waals surface area contributed by atoms with Gasteiger partial charge in [0.15, 0.2) is 0 Å². The van der Waals surface area contributed by atoms with Gasteiger partial charge in [-0.15, -0.1) is 0 Å². The monoisotopic (exact) mass is 257 g/mol. The van der Waals surface area contributed by atoms with E-state index in [0.717, 1.165) is 6.07 Å². The third-order valence-corrected chi connectivity index (χ3v) is 2.12. The maximum absolute atomic E-state index is 11.4. The van der Waals surface area contributed by atoms with Crippen LogP contribution in [0.2, 0.25) is 5.02 Å². The van der Waals surface area contributed by atoms with Crippen molar-refractivity contribution >= 4 is 29.2 Å². The van der Waals surface area contributed by atoms with E-state index < -0.39 is 29.0 Å². The van der Waals surface area contributed by atoms with Crippen molar-refractivity contribution in [3.8, 4) is 0 Å². The second-order valence-corrected chi connectivity index (χ2v) is 3.39. The molecule has 1 N–H and O–H groups in total. The van der Waals surface area contributed by atoms with Crippen molar-refractivity contribution in [1.29, 1.82) is 0 Å². The molecule has 0 aliphatic heterocycles. The molecule has 0 spiro atoms. The standard InChI is InChI=1S/C9H7ClN2O5/c10-6-2-1-5(3-7(6)12(16)17)9(15)11-4-8(13)14/h1-3H,4H2,(H,11,15)(H,13,14)/p-1. The number of amides is 1. The average Bonchev–Trinajstić information content (AvgIpc) is 2.26. The van der Waals surface area contributed by atoms with E-state index in [0.29, 0.717) is 0 Å². The minimum absolute atomic E-state index is 0.0534. The number of aliphatic carboxylic acids is 1. The summed E-state index contributed by atoms with van der Waals surface area (Å²) in [5.74, 6) is -2.21. The molecule has 0 aliphatic rings. The maximum atomic E-state index is 11.4. The smallest absolute Gasteiger partial charge is 0.288 e. The number of benzene rings is 1. The van der Waals surface area contributed by atoms with E-state index in [-0.39, 0.29) is 10.6 Å². The summed E-state index contributed by atoms with van der Waals surface area (Å²) >= 11 is 5.55. The number of carbonyl (C=O) groups excluding carboxylic acids is 2. The summed E-state index contributed by atoms with van der Waals surface area (Å²) in [4.78, 5) is 31.3. The molecule has 0 aliphatic carbocycles. The molecule has 0 saturated heterocycles. The Hall–Kier alpha value is -2.15. The van der Waals surface area contributed by atoms with Crippen LogP contribution in [0.25, 0.3) is 0 Å². The van der Waals surface area contributed by atoms with Crippen LogP contribution in [0.1, 0.15) is 10.4 Å². The summed E-state index contributed by atoms with van der Waals surface area (Å²) in [5, 5.41) is 22.6. The number of halogens is 1. The molecule has 1 rings (SSSR count). The number of carboxylic acid groups (broad SMARTS) is 1. The number of carbonyl (C=O) groups is 2. The first kappa shape index (κ1) is 12.9. The molecule has 7 nitrogen and oxygen atoms in total. The Morgan fingerprint density at radius 1 is 1.41 bits per heavy atom.